The van der Waals surface area contributed by atoms with E-state index < -0.39 is 0 Å². The van der Waals surface area contributed by atoms with Gasteiger partial charge >= 0.3 is 0 Å². The molecular formula is C16H12Cl2FNO. The van der Waals surface area contributed by atoms with Crippen LogP contribution in [0.15, 0.2) is 42.6 Å². The molecule has 108 valence electrons. The van der Waals surface area contributed by atoms with Gasteiger partial charge in [0.15, 0.2) is 0 Å². The van der Waals surface area contributed by atoms with Crippen molar-refractivity contribution in [2.75, 3.05) is 0 Å². The number of hydrogen-bond acceptors (Lipinski definition) is 1. The Kier molecular flexibility index (Phi) is 3.89. The van der Waals surface area contributed by atoms with Crippen LogP contribution in [0.25, 0.3) is 10.9 Å². The molecule has 0 atom stereocenters. The molecule has 3 aromatic rings. The van der Waals surface area contributed by atoms with Gasteiger partial charge in [0.05, 0.1) is 18.7 Å². The first-order valence-corrected chi connectivity index (χ1v) is 7.16. The molecule has 21 heavy (non-hydrogen) atoms. The van der Waals surface area contributed by atoms with Crippen LogP contribution in [0.4, 0.5) is 4.39 Å². The van der Waals surface area contributed by atoms with Gasteiger partial charge in [-0.15, -0.1) is 0 Å². The van der Waals surface area contributed by atoms with E-state index in [1.165, 1.54) is 12.1 Å². The number of halogens is 3. The van der Waals surface area contributed by atoms with E-state index in [4.69, 9.17) is 23.2 Å². The lowest BCUT2D eigenvalue weighted by molar-refractivity contribution is 0.283. The van der Waals surface area contributed by atoms with Gasteiger partial charge in [-0.2, -0.15) is 0 Å². The molecule has 0 unspecified atom stereocenters. The standard InChI is InChI=1S/C16H12Cl2FNO/c17-12-2-4-15(19)10(5-12)7-20-8-11(9-21)14-3-1-13(18)6-16(14)20/h1-6,8,21H,7,9H2. The second-order valence-electron chi connectivity index (χ2n) is 4.84. The van der Waals surface area contributed by atoms with Crippen molar-refractivity contribution in [1.82, 2.24) is 4.57 Å². The average molecular weight is 324 g/mol. The maximum atomic E-state index is 13.9. The molecule has 1 N–H and O–H groups in total. The number of rotatable bonds is 3. The minimum absolute atomic E-state index is 0.0802. The van der Waals surface area contributed by atoms with Crippen LogP contribution in [0.2, 0.25) is 10.0 Å². The first-order chi connectivity index (χ1) is 10.1. The van der Waals surface area contributed by atoms with Crippen LogP contribution < -0.4 is 0 Å². The first kappa shape index (κ1) is 14.4. The van der Waals surface area contributed by atoms with E-state index in [2.05, 4.69) is 0 Å². The van der Waals surface area contributed by atoms with Gasteiger partial charge in [-0.3, -0.25) is 0 Å². The summed E-state index contributed by atoms with van der Waals surface area (Å²) in [6.07, 6.45) is 1.81. The van der Waals surface area contributed by atoms with Gasteiger partial charge < -0.3 is 9.67 Å². The van der Waals surface area contributed by atoms with E-state index >= 15 is 0 Å². The maximum absolute atomic E-state index is 13.9. The van der Waals surface area contributed by atoms with Crippen molar-refractivity contribution in [3.63, 3.8) is 0 Å². The smallest absolute Gasteiger partial charge is 0.128 e. The van der Waals surface area contributed by atoms with E-state index in [-0.39, 0.29) is 12.4 Å². The Bertz CT molecular complexity index is 813. The highest BCUT2D eigenvalue weighted by Crippen LogP contribution is 2.26. The fourth-order valence-corrected chi connectivity index (χ4v) is 2.81. The molecule has 0 aliphatic rings. The molecule has 0 aliphatic heterocycles. The fraction of sp³-hybridized carbons (Fsp3) is 0.125. The summed E-state index contributed by atoms with van der Waals surface area (Å²) in [7, 11) is 0. The molecule has 0 radical (unpaired) electrons. The summed E-state index contributed by atoms with van der Waals surface area (Å²) in [6, 6.07) is 9.90. The van der Waals surface area contributed by atoms with Crippen LogP contribution >= 0.6 is 23.2 Å². The van der Waals surface area contributed by atoms with E-state index in [9.17, 15) is 9.50 Å². The Morgan fingerprint density at radius 1 is 1.00 bits per heavy atom. The summed E-state index contributed by atoms with van der Waals surface area (Å²) in [6.45, 7) is 0.242. The number of fused-ring (bicyclic) bond motifs is 1. The minimum atomic E-state index is -0.311. The van der Waals surface area contributed by atoms with Crippen molar-refractivity contribution >= 4 is 34.1 Å². The summed E-state index contributed by atoms with van der Waals surface area (Å²) in [5.74, 6) is -0.311. The molecule has 1 heterocycles. The number of nitrogens with zero attached hydrogens (tertiary/aromatic N) is 1. The predicted molar refractivity (Wildman–Crippen MR) is 83.4 cm³/mol. The van der Waals surface area contributed by atoms with E-state index in [0.717, 1.165) is 16.5 Å². The molecule has 0 bridgehead atoms. The third-order valence-corrected chi connectivity index (χ3v) is 3.92. The quantitative estimate of drug-likeness (QED) is 0.747. The van der Waals surface area contributed by atoms with Crippen LogP contribution in [-0.2, 0) is 13.2 Å². The van der Waals surface area contributed by atoms with Crippen LogP contribution in [0, 0.1) is 5.82 Å². The molecule has 3 rings (SSSR count). The zero-order valence-corrected chi connectivity index (χ0v) is 12.5. The average Bonchev–Trinajstić information content (AvgIpc) is 2.80. The molecule has 0 saturated carbocycles. The van der Waals surface area contributed by atoms with Gasteiger partial charge in [0, 0.05) is 32.8 Å². The van der Waals surface area contributed by atoms with Crippen molar-refractivity contribution < 1.29 is 9.50 Å². The normalized spacial score (nSPS) is 11.2. The molecule has 5 heteroatoms. The highest BCUT2D eigenvalue weighted by atomic mass is 35.5. The summed E-state index contributed by atoms with van der Waals surface area (Å²) in [5, 5.41) is 11.4. The lowest BCUT2D eigenvalue weighted by Gasteiger charge is -2.07. The van der Waals surface area contributed by atoms with Crippen molar-refractivity contribution in [1.29, 1.82) is 0 Å². The Balaban J connectivity index is 2.12. The van der Waals surface area contributed by atoms with E-state index in [1.54, 1.807) is 24.4 Å². The highest BCUT2D eigenvalue weighted by Gasteiger charge is 2.11. The van der Waals surface area contributed by atoms with E-state index in [0.29, 0.717) is 22.2 Å². The van der Waals surface area contributed by atoms with Crippen molar-refractivity contribution in [3.05, 3.63) is 69.6 Å². The van der Waals surface area contributed by atoms with Gasteiger partial charge in [0.25, 0.3) is 0 Å². The van der Waals surface area contributed by atoms with Crippen LogP contribution in [0.5, 0.6) is 0 Å². The van der Waals surface area contributed by atoms with Crippen LogP contribution in [-0.4, -0.2) is 9.67 Å². The molecule has 0 aliphatic carbocycles. The monoisotopic (exact) mass is 323 g/mol. The fourth-order valence-electron chi connectivity index (χ4n) is 2.45. The molecule has 0 saturated heterocycles. The molecule has 1 aromatic heterocycles. The second-order valence-corrected chi connectivity index (χ2v) is 5.71. The lowest BCUT2D eigenvalue weighted by atomic mass is 10.2. The van der Waals surface area contributed by atoms with Gasteiger partial charge in [0.1, 0.15) is 5.82 Å². The summed E-state index contributed by atoms with van der Waals surface area (Å²) in [5.41, 5.74) is 2.12. The van der Waals surface area contributed by atoms with Crippen molar-refractivity contribution in [3.8, 4) is 0 Å². The number of benzene rings is 2. The Morgan fingerprint density at radius 3 is 2.48 bits per heavy atom. The minimum Gasteiger partial charge on any atom is -0.392 e. The molecule has 0 amide bonds. The Labute approximate surface area is 131 Å². The van der Waals surface area contributed by atoms with Crippen LogP contribution in [0.3, 0.4) is 0 Å². The molecular weight excluding hydrogens is 312 g/mol. The molecule has 0 fully saturated rings. The van der Waals surface area contributed by atoms with Crippen molar-refractivity contribution in [2.45, 2.75) is 13.2 Å². The van der Waals surface area contributed by atoms with Crippen molar-refractivity contribution in [2.24, 2.45) is 0 Å². The van der Waals surface area contributed by atoms with Gasteiger partial charge in [-0.1, -0.05) is 29.3 Å². The maximum Gasteiger partial charge on any atom is 0.128 e. The zero-order valence-electron chi connectivity index (χ0n) is 11.0. The zero-order chi connectivity index (χ0) is 15.0. The first-order valence-electron chi connectivity index (χ1n) is 6.40. The third kappa shape index (κ3) is 2.77. The summed E-state index contributed by atoms with van der Waals surface area (Å²) in [4.78, 5) is 0. The number of hydrogen-bond donors (Lipinski definition) is 1. The lowest BCUT2D eigenvalue weighted by Crippen LogP contribution is -2.00. The SMILES string of the molecule is OCc1cn(Cc2cc(Cl)ccc2F)c2cc(Cl)ccc12. The predicted octanol–water partition coefficient (Wildman–Crippen LogP) is 4.63. The third-order valence-electron chi connectivity index (χ3n) is 3.45. The highest BCUT2D eigenvalue weighted by molar-refractivity contribution is 6.31. The van der Waals surface area contributed by atoms with E-state index in [1.807, 2.05) is 10.6 Å². The van der Waals surface area contributed by atoms with Crippen LogP contribution in [0.1, 0.15) is 11.1 Å². The number of aromatic nitrogens is 1. The molecule has 0 spiro atoms. The Hall–Kier alpha value is -1.55. The van der Waals surface area contributed by atoms with Gasteiger partial charge in [-0.05, 0) is 30.3 Å². The Morgan fingerprint density at radius 2 is 1.71 bits per heavy atom. The second kappa shape index (κ2) is 5.68. The van der Waals surface area contributed by atoms with Gasteiger partial charge in [0.2, 0.25) is 0 Å². The summed E-state index contributed by atoms with van der Waals surface area (Å²) < 4.78 is 15.7. The van der Waals surface area contributed by atoms with Gasteiger partial charge in [-0.25, -0.2) is 4.39 Å². The molecule has 2 aromatic carbocycles. The number of aliphatic hydroxyl groups excluding tert-OH is 1. The summed E-state index contributed by atoms with van der Waals surface area (Å²) >= 11 is 12.0. The largest absolute Gasteiger partial charge is 0.392 e. The number of aliphatic hydroxyl groups is 1. The molecule has 2 nitrogen and oxygen atoms in total. The topological polar surface area (TPSA) is 25.2 Å².